The minimum absolute atomic E-state index is 0.287. The highest BCUT2D eigenvalue weighted by molar-refractivity contribution is 9.08. The molecule has 3 aromatic rings. The second kappa shape index (κ2) is 6.22. The van der Waals surface area contributed by atoms with E-state index in [1.807, 2.05) is 36.4 Å². The van der Waals surface area contributed by atoms with Gasteiger partial charge in [0.1, 0.15) is 18.2 Å². The molecule has 0 saturated carbocycles. The van der Waals surface area contributed by atoms with Crippen molar-refractivity contribution >= 4 is 26.8 Å². The minimum Gasteiger partial charge on any atom is -0.489 e. The molecule has 0 N–H and O–H groups in total. The normalized spacial score (nSPS) is 10.8. The summed E-state index contributed by atoms with van der Waals surface area (Å²) in [5, 5.41) is 1.67. The van der Waals surface area contributed by atoms with Gasteiger partial charge in [-0.3, -0.25) is 4.98 Å². The first kappa shape index (κ1) is 14.0. The molecule has 0 amide bonds. The molecule has 4 heteroatoms. The highest BCUT2D eigenvalue weighted by Gasteiger charge is 2.03. The van der Waals surface area contributed by atoms with Gasteiger partial charge in [-0.25, -0.2) is 4.39 Å². The van der Waals surface area contributed by atoms with Crippen LogP contribution in [0.5, 0.6) is 5.75 Å². The number of ether oxygens (including phenoxy) is 1. The van der Waals surface area contributed by atoms with Gasteiger partial charge in [0.2, 0.25) is 0 Å². The van der Waals surface area contributed by atoms with Gasteiger partial charge in [-0.1, -0.05) is 28.1 Å². The summed E-state index contributed by atoms with van der Waals surface area (Å²) in [7, 11) is 0. The van der Waals surface area contributed by atoms with E-state index in [1.54, 1.807) is 6.20 Å². The number of nitrogens with zero attached hydrogens (tertiary/aromatic N) is 1. The summed E-state index contributed by atoms with van der Waals surface area (Å²) in [6.07, 6.45) is 1.77. The van der Waals surface area contributed by atoms with E-state index in [-0.39, 0.29) is 5.82 Å². The molecule has 0 bridgehead atoms. The molecular formula is C17H13BrFNO. The van der Waals surface area contributed by atoms with Gasteiger partial charge >= 0.3 is 0 Å². The van der Waals surface area contributed by atoms with Gasteiger partial charge in [0, 0.05) is 23.0 Å². The molecule has 21 heavy (non-hydrogen) atoms. The molecule has 0 radical (unpaired) electrons. The molecular weight excluding hydrogens is 333 g/mol. The smallest absolute Gasteiger partial charge is 0.127 e. The SMILES string of the molecule is Fc1cc(CBr)cc(OCc2ccc3ncccc3c2)c1. The monoisotopic (exact) mass is 345 g/mol. The number of alkyl halides is 1. The predicted molar refractivity (Wildman–Crippen MR) is 85.1 cm³/mol. The molecule has 0 fully saturated rings. The molecule has 1 aromatic heterocycles. The van der Waals surface area contributed by atoms with E-state index in [9.17, 15) is 4.39 Å². The van der Waals surface area contributed by atoms with Crippen molar-refractivity contribution in [3.8, 4) is 5.75 Å². The van der Waals surface area contributed by atoms with Gasteiger partial charge in [0.15, 0.2) is 0 Å². The Morgan fingerprint density at radius 2 is 1.95 bits per heavy atom. The van der Waals surface area contributed by atoms with E-state index < -0.39 is 0 Å². The third-order valence-electron chi connectivity index (χ3n) is 3.16. The van der Waals surface area contributed by atoms with E-state index in [0.717, 1.165) is 22.0 Å². The van der Waals surface area contributed by atoms with Crippen molar-refractivity contribution in [3.63, 3.8) is 0 Å². The van der Waals surface area contributed by atoms with Crippen LogP contribution in [0.2, 0.25) is 0 Å². The summed E-state index contributed by atoms with van der Waals surface area (Å²) >= 11 is 3.32. The Kier molecular flexibility index (Phi) is 4.15. The Hall–Kier alpha value is -1.94. The van der Waals surface area contributed by atoms with Crippen LogP contribution in [0.4, 0.5) is 4.39 Å². The Balaban J connectivity index is 1.78. The van der Waals surface area contributed by atoms with Crippen LogP contribution in [-0.4, -0.2) is 4.98 Å². The average molecular weight is 346 g/mol. The van der Waals surface area contributed by atoms with E-state index in [1.165, 1.54) is 12.1 Å². The number of rotatable bonds is 4. The summed E-state index contributed by atoms with van der Waals surface area (Å²) in [5.41, 5.74) is 2.83. The molecule has 2 aromatic carbocycles. The Morgan fingerprint density at radius 3 is 2.81 bits per heavy atom. The van der Waals surface area contributed by atoms with E-state index >= 15 is 0 Å². The minimum atomic E-state index is -0.287. The largest absolute Gasteiger partial charge is 0.489 e. The summed E-state index contributed by atoms with van der Waals surface area (Å²) < 4.78 is 19.1. The van der Waals surface area contributed by atoms with Crippen molar-refractivity contribution in [1.29, 1.82) is 0 Å². The third-order valence-corrected chi connectivity index (χ3v) is 3.81. The van der Waals surface area contributed by atoms with E-state index in [4.69, 9.17) is 4.74 Å². The fourth-order valence-electron chi connectivity index (χ4n) is 2.16. The standard InChI is InChI=1S/C17H13BrFNO/c18-10-13-7-15(19)9-16(8-13)21-11-12-3-4-17-14(6-12)2-1-5-20-17/h1-9H,10-11H2. The van der Waals surface area contributed by atoms with Crippen molar-refractivity contribution in [2.45, 2.75) is 11.9 Å². The zero-order valence-electron chi connectivity index (χ0n) is 11.2. The highest BCUT2D eigenvalue weighted by Crippen LogP contribution is 2.20. The van der Waals surface area contributed by atoms with Gasteiger partial charge in [0.05, 0.1) is 5.52 Å². The summed E-state index contributed by atoms with van der Waals surface area (Å²) in [6.45, 7) is 0.399. The Bertz CT molecular complexity index is 776. The molecule has 3 rings (SSSR count). The lowest BCUT2D eigenvalue weighted by Gasteiger charge is -2.08. The molecule has 0 aliphatic heterocycles. The van der Waals surface area contributed by atoms with Crippen molar-refractivity contribution < 1.29 is 9.13 Å². The molecule has 0 aliphatic rings. The Labute approximate surface area is 130 Å². The first-order valence-corrected chi connectivity index (χ1v) is 7.68. The topological polar surface area (TPSA) is 22.1 Å². The van der Waals surface area contributed by atoms with Crippen molar-refractivity contribution in [2.75, 3.05) is 0 Å². The van der Waals surface area contributed by atoms with Gasteiger partial charge in [-0.2, -0.15) is 0 Å². The van der Waals surface area contributed by atoms with Gasteiger partial charge < -0.3 is 4.74 Å². The second-order valence-corrected chi connectivity index (χ2v) is 5.31. The van der Waals surface area contributed by atoms with Gasteiger partial charge in [0.25, 0.3) is 0 Å². The maximum absolute atomic E-state index is 13.4. The summed E-state index contributed by atoms with van der Waals surface area (Å²) in [6, 6.07) is 14.6. The number of fused-ring (bicyclic) bond motifs is 1. The molecule has 1 heterocycles. The van der Waals surface area contributed by atoms with Crippen molar-refractivity contribution in [3.05, 3.63) is 71.7 Å². The van der Waals surface area contributed by atoms with Crippen LogP contribution in [0.3, 0.4) is 0 Å². The summed E-state index contributed by atoms with van der Waals surface area (Å²) in [5.74, 6) is 0.250. The van der Waals surface area contributed by atoms with E-state index in [2.05, 4.69) is 20.9 Å². The van der Waals surface area contributed by atoms with Crippen LogP contribution in [0, 0.1) is 5.82 Å². The maximum Gasteiger partial charge on any atom is 0.127 e. The number of benzene rings is 2. The van der Waals surface area contributed by atoms with Crippen LogP contribution >= 0.6 is 15.9 Å². The third kappa shape index (κ3) is 3.39. The van der Waals surface area contributed by atoms with Gasteiger partial charge in [-0.05, 0) is 41.5 Å². The Morgan fingerprint density at radius 1 is 1.05 bits per heavy atom. The van der Waals surface area contributed by atoms with Crippen LogP contribution in [-0.2, 0) is 11.9 Å². The lowest BCUT2D eigenvalue weighted by Crippen LogP contribution is -1.97. The fraction of sp³-hybridized carbons (Fsp3) is 0.118. The number of pyridine rings is 1. The molecule has 0 saturated heterocycles. The summed E-state index contributed by atoms with van der Waals surface area (Å²) in [4.78, 5) is 4.28. The zero-order chi connectivity index (χ0) is 14.7. The fourth-order valence-corrected chi connectivity index (χ4v) is 2.49. The highest BCUT2D eigenvalue weighted by atomic mass is 79.9. The van der Waals surface area contributed by atoms with Crippen LogP contribution in [0.15, 0.2) is 54.7 Å². The number of halogens is 2. The quantitative estimate of drug-likeness (QED) is 0.630. The first-order chi connectivity index (χ1) is 10.2. The lowest BCUT2D eigenvalue weighted by molar-refractivity contribution is 0.304. The predicted octanol–water partition coefficient (Wildman–Crippen LogP) is 4.85. The molecule has 0 spiro atoms. The van der Waals surface area contributed by atoms with Gasteiger partial charge in [-0.15, -0.1) is 0 Å². The second-order valence-electron chi connectivity index (χ2n) is 4.75. The average Bonchev–Trinajstić information content (AvgIpc) is 2.52. The van der Waals surface area contributed by atoms with E-state index in [0.29, 0.717) is 17.7 Å². The lowest BCUT2D eigenvalue weighted by atomic mass is 10.1. The van der Waals surface area contributed by atoms with Crippen molar-refractivity contribution in [2.24, 2.45) is 0 Å². The molecule has 0 atom stereocenters. The number of hydrogen-bond acceptors (Lipinski definition) is 2. The zero-order valence-corrected chi connectivity index (χ0v) is 12.8. The number of hydrogen-bond donors (Lipinski definition) is 0. The maximum atomic E-state index is 13.4. The number of aromatic nitrogens is 1. The van der Waals surface area contributed by atoms with Crippen molar-refractivity contribution in [1.82, 2.24) is 4.98 Å². The molecule has 106 valence electrons. The van der Waals surface area contributed by atoms with Crippen LogP contribution in [0.25, 0.3) is 10.9 Å². The first-order valence-electron chi connectivity index (χ1n) is 6.56. The van der Waals surface area contributed by atoms with Crippen LogP contribution < -0.4 is 4.74 Å². The van der Waals surface area contributed by atoms with Crippen LogP contribution in [0.1, 0.15) is 11.1 Å². The molecule has 2 nitrogen and oxygen atoms in total. The molecule has 0 aliphatic carbocycles. The molecule has 0 unspecified atom stereocenters.